The number of rotatable bonds is 4. The number of para-hydroxylation sites is 3. The molecule has 0 fully saturated rings. The van der Waals surface area contributed by atoms with E-state index in [2.05, 4.69) is 10.3 Å². The number of phenols is 1. The number of fused-ring (bicyclic) bond motifs is 1. The predicted octanol–water partition coefficient (Wildman–Crippen LogP) is 4.37. The van der Waals surface area contributed by atoms with Crippen LogP contribution in [-0.4, -0.2) is 17.2 Å². The first kappa shape index (κ1) is 16.2. The number of phenolic OH excluding ortho intramolecular Hbond substituents is 1. The van der Waals surface area contributed by atoms with Crippen molar-refractivity contribution in [3.63, 3.8) is 0 Å². The molecule has 7 heteroatoms. The lowest BCUT2D eigenvalue weighted by molar-refractivity contribution is 0.407. The Kier molecular flexibility index (Phi) is 4.06. The van der Waals surface area contributed by atoms with Crippen LogP contribution in [0.5, 0.6) is 11.5 Å². The van der Waals surface area contributed by atoms with Gasteiger partial charge in [-0.2, -0.15) is 0 Å². The summed E-state index contributed by atoms with van der Waals surface area (Å²) >= 11 is 1.33. The zero-order valence-corrected chi connectivity index (χ0v) is 14.5. The van der Waals surface area contributed by atoms with Crippen LogP contribution in [0.1, 0.15) is 0 Å². The van der Waals surface area contributed by atoms with Crippen LogP contribution in [0.15, 0.2) is 63.1 Å². The van der Waals surface area contributed by atoms with E-state index in [9.17, 15) is 9.90 Å². The third-order valence-electron chi connectivity index (χ3n) is 3.87. The number of methoxy groups -OCH3 is 1. The minimum absolute atomic E-state index is 0.126. The Morgan fingerprint density at radius 2 is 2.04 bits per heavy atom. The molecule has 0 aliphatic heterocycles. The Morgan fingerprint density at radius 1 is 1.19 bits per heavy atom. The second-order valence-electron chi connectivity index (χ2n) is 5.51. The van der Waals surface area contributed by atoms with Crippen molar-refractivity contribution >= 4 is 33.1 Å². The van der Waals surface area contributed by atoms with Crippen LogP contribution in [-0.2, 0) is 0 Å². The quantitative estimate of drug-likeness (QED) is 0.412. The Labute approximate surface area is 152 Å². The molecule has 2 N–H and O–H groups in total. The second-order valence-corrected chi connectivity index (χ2v) is 6.36. The number of aromatic hydroxyl groups is 1. The first-order valence-corrected chi connectivity index (χ1v) is 8.65. The fourth-order valence-electron chi connectivity index (χ4n) is 2.61. The van der Waals surface area contributed by atoms with Gasteiger partial charge in [0, 0.05) is 10.8 Å². The third kappa shape index (κ3) is 2.89. The molecule has 2 aromatic carbocycles. The van der Waals surface area contributed by atoms with Gasteiger partial charge in [-0.05, 0) is 24.3 Å². The minimum atomic E-state index is -0.485. The van der Waals surface area contributed by atoms with E-state index in [4.69, 9.17) is 9.15 Å². The average molecular weight is 366 g/mol. The van der Waals surface area contributed by atoms with E-state index in [1.807, 2.05) is 18.2 Å². The summed E-state index contributed by atoms with van der Waals surface area (Å²) in [4.78, 5) is 16.8. The van der Waals surface area contributed by atoms with Crippen molar-refractivity contribution in [3.05, 3.63) is 64.3 Å². The monoisotopic (exact) mass is 366 g/mol. The van der Waals surface area contributed by atoms with Crippen molar-refractivity contribution in [2.24, 2.45) is 0 Å². The van der Waals surface area contributed by atoms with Gasteiger partial charge in [-0.25, -0.2) is 9.78 Å². The molecule has 0 saturated carbocycles. The van der Waals surface area contributed by atoms with Crippen molar-refractivity contribution in [1.29, 1.82) is 0 Å². The highest BCUT2D eigenvalue weighted by Gasteiger charge is 2.14. The van der Waals surface area contributed by atoms with Crippen LogP contribution >= 0.6 is 11.3 Å². The normalized spacial score (nSPS) is 10.8. The van der Waals surface area contributed by atoms with Crippen LogP contribution in [0, 0.1) is 0 Å². The van der Waals surface area contributed by atoms with Crippen LogP contribution < -0.4 is 15.7 Å². The zero-order valence-electron chi connectivity index (χ0n) is 13.7. The van der Waals surface area contributed by atoms with Gasteiger partial charge in [-0.3, -0.25) is 0 Å². The van der Waals surface area contributed by atoms with E-state index in [0.29, 0.717) is 33.4 Å². The van der Waals surface area contributed by atoms with Gasteiger partial charge in [0.25, 0.3) is 0 Å². The summed E-state index contributed by atoms with van der Waals surface area (Å²) in [5.41, 5.74) is 1.34. The van der Waals surface area contributed by atoms with Crippen molar-refractivity contribution in [3.8, 4) is 22.8 Å². The van der Waals surface area contributed by atoms with Gasteiger partial charge in [0.1, 0.15) is 5.75 Å². The Balaban J connectivity index is 1.73. The van der Waals surface area contributed by atoms with E-state index in [0.717, 1.165) is 5.39 Å². The Hall–Kier alpha value is -3.32. The van der Waals surface area contributed by atoms with Crippen LogP contribution in [0.25, 0.3) is 22.2 Å². The predicted molar refractivity (Wildman–Crippen MR) is 102 cm³/mol. The fraction of sp³-hybridized carbons (Fsp3) is 0.0526. The van der Waals surface area contributed by atoms with Gasteiger partial charge in [0.15, 0.2) is 16.5 Å². The maximum Gasteiger partial charge on any atom is 0.345 e. The molecular formula is C19H14N2O4S. The van der Waals surface area contributed by atoms with E-state index in [1.54, 1.807) is 35.7 Å². The van der Waals surface area contributed by atoms with Gasteiger partial charge in [-0.1, -0.05) is 24.3 Å². The molecule has 26 heavy (non-hydrogen) atoms. The molecule has 4 aromatic rings. The van der Waals surface area contributed by atoms with Crippen molar-refractivity contribution in [2.45, 2.75) is 0 Å². The van der Waals surface area contributed by atoms with Gasteiger partial charge in [0.2, 0.25) is 0 Å². The SMILES string of the molecule is COc1cccc2cc(-c3csc(Nc4ccccc4O)n3)c(=O)oc12. The molecule has 0 bridgehead atoms. The van der Waals surface area contributed by atoms with E-state index in [-0.39, 0.29) is 5.75 Å². The number of anilines is 2. The lowest BCUT2D eigenvalue weighted by atomic mass is 10.1. The lowest BCUT2D eigenvalue weighted by Crippen LogP contribution is -2.03. The van der Waals surface area contributed by atoms with Crippen molar-refractivity contribution < 1.29 is 14.3 Å². The molecule has 0 radical (unpaired) electrons. The molecule has 0 atom stereocenters. The molecular weight excluding hydrogens is 352 g/mol. The number of nitrogens with zero attached hydrogens (tertiary/aromatic N) is 1. The Morgan fingerprint density at radius 3 is 2.85 bits per heavy atom. The zero-order chi connectivity index (χ0) is 18.1. The highest BCUT2D eigenvalue weighted by atomic mass is 32.1. The molecule has 0 aliphatic carbocycles. The van der Waals surface area contributed by atoms with Gasteiger partial charge in [0.05, 0.1) is 24.1 Å². The second kappa shape index (κ2) is 6.53. The molecule has 2 heterocycles. The average Bonchev–Trinajstić information content (AvgIpc) is 3.11. The summed E-state index contributed by atoms with van der Waals surface area (Å²) in [6.07, 6.45) is 0. The maximum atomic E-state index is 12.4. The number of hydrogen-bond donors (Lipinski definition) is 2. The molecule has 0 saturated heterocycles. The summed E-state index contributed by atoms with van der Waals surface area (Å²) in [6.45, 7) is 0. The van der Waals surface area contributed by atoms with Crippen LogP contribution in [0.3, 0.4) is 0 Å². The molecule has 4 rings (SSSR count). The maximum absolute atomic E-state index is 12.4. The number of hydrogen-bond acceptors (Lipinski definition) is 7. The first-order chi connectivity index (χ1) is 12.7. The largest absolute Gasteiger partial charge is 0.506 e. The van der Waals surface area contributed by atoms with Crippen molar-refractivity contribution in [2.75, 3.05) is 12.4 Å². The number of aromatic nitrogens is 1. The molecule has 0 spiro atoms. The molecule has 2 aromatic heterocycles. The first-order valence-electron chi connectivity index (χ1n) is 7.77. The summed E-state index contributed by atoms with van der Waals surface area (Å²) in [6, 6.07) is 14.0. The number of benzene rings is 2. The van der Waals surface area contributed by atoms with Gasteiger partial charge in [-0.15, -0.1) is 11.3 Å². The molecule has 0 aliphatic rings. The van der Waals surface area contributed by atoms with Gasteiger partial charge >= 0.3 is 5.63 Å². The Bertz CT molecular complexity index is 1150. The molecule has 0 amide bonds. The van der Waals surface area contributed by atoms with Gasteiger partial charge < -0.3 is 19.6 Å². The molecule has 0 unspecified atom stereocenters. The van der Waals surface area contributed by atoms with Crippen LogP contribution in [0.4, 0.5) is 10.8 Å². The topological polar surface area (TPSA) is 84.6 Å². The van der Waals surface area contributed by atoms with Crippen molar-refractivity contribution in [1.82, 2.24) is 4.98 Å². The molecule has 130 valence electrons. The third-order valence-corrected chi connectivity index (χ3v) is 4.63. The highest BCUT2D eigenvalue weighted by Crippen LogP contribution is 2.31. The lowest BCUT2D eigenvalue weighted by Gasteiger charge is -2.05. The standard InChI is InChI=1S/C19H14N2O4S/c1-24-16-8-4-5-11-9-12(18(23)25-17(11)16)14-10-26-19(21-14)20-13-6-2-3-7-15(13)22/h2-10,22H,1H3,(H,20,21). The molecule has 6 nitrogen and oxygen atoms in total. The number of thiazole rings is 1. The number of ether oxygens (including phenoxy) is 1. The summed E-state index contributed by atoms with van der Waals surface area (Å²) in [5, 5.41) is 16.0. The number of nitrogens with one attached hydrogen (secondary N) is 1. The van der Waals surface area contributed by atoms with Crippen LogP contribution in [0.2, 0.25) is 0 Å². The van der Waals surface area contributed by atoms with E-state index < -0.39 is 5.63 Å². The highest BCUT2D eigenvalue weighted by molar-refractivity contribution is 7.14. The minimum Gasteiger partial charge on any atom is -0.506 e. The summed E-state index contributed by atoms with van der Waals surface area (Å²) < 4.78 is 10.7. The smallest absolute Gasteiger partial charge is 0.345 e. The van der Waals surface area contributed by atoms with E-state index >= 15 is 0 Å². The fourth-order valence-corrected chi connectivity index (χ4v) is 3.33. The summed E-state index contributed by atoms with van der Waals surface area (Å²) in [7, 11) is 1.53. The summed E-state index contributed by atoms with van der Waals surface area (Å²) in [5.74, 6) is 0.632. The van der Waals surface area contributed by atoms with E-state index in [1.165, 1.54) is 18.4 Å².